The molecule has 0 saturated heterocycles. The van der Waals surface area contributed by atoms with Gasteiger partial charge in [0, 0.05) is 0 Å². The van der Waals surface area contributed by atoms with Gasteiger partial charge in [0.25, 0.3) is 5.91 Å². The maximum Gasteiger partial charge on any atom is 0.329 e. The Morgan fingerprint density at radius 1 is 0.828 bits per heavy atom. The van der Waals surface area contributed by atoms with Crippen LogP contribution in [-0.2, 0) is 25.5 Å². The molecular weight excluding hydrogens is 368 g/mol. The van der Waals surface area contributed by atoms with Crippen LogP contribution in [0.5, 0.6) is 0 Å². The van der Waals surface area contributed by atoms with Crippen LogP contribution in [0.3, 0.4) is 0 Å². The molecular formula is C23H28N2O4. The molecule has 0 aliphatic heterocycles. The molecule has 6 nitrogen and oxygen atoms in total. The molecule has 0 aromatic heterocycles. The molecule has 0 unspecified atom stereocenters. The van der Waals surface area contributed by atoms with Gasteiger partial charge in [-0.25, -0.2) is 4.79 Å². The zero-order valence-electron chi connectivity index (χ0n) is 17.1. The molecule has 0 heterocycles. The molecule has 2 aromatic carbocycles. The first kappa shape index (κ1) is 22.1. The van der Waals surface area contributed by atoms with Crippen molar-refractivity contribution in [3.63, 3.8) is 0 Å². The van der Waals surface area contributed by atoms with Crippen LogP contribution in [0.15, 0.2) is 60.7 Å². The van der Waals surface area contributed by atoms with Crippen molar-refractivity contribution in [2.24, 2.45) is 5.92 Å². The summed E-state index contributed by atoms with van der Waals surface area (Å²) in [6, 6.07) is 17.8. The topological polar surface area (TPSA) is 84.5 Å². The molecule has 2 amide bonds. The van der Waals surface area contributed by atoms with Crippen molar-refractivity contribution in [2.45, 2.75) is 39.3 Å². The van der Waals surface area contributed by atoms with E-state index in [4.69, 9.17) is 4.74 Å². The molecule has 154 valence electrons. The molecule has 2 rings (SSSR count). The highest BCUT2D eigenvalue weighted by Gasteiger charge is 2.26. The van der Waals surface area contributed by atoms with Gasteiger partial charge in [0.2, 0.25) is 5.91 Å². The van der Waals surface area contributed by atoms with Gasteiger partial charge in [-0.05, 0) is 24.0 Å². The van der Waals surface area contributed by atoms with E-state index in [1.807, 2.05) is 81.4 Å². The van der Waals surface area contributed by atoms with Crippen molar-refractivity contribution >= 4 is 17.8 Å². The molecule has 6 heteroatoms. The molecule has 2 N–H and O–H groups in total. The number of rotatable bonds is 9. The molecule has 2 atom stereocenters. The largest absolute Gasteiger partial charge is 0.454 e. The van der Waals surface area contributed by atoms with Crippen molar-refractivity contribution in [3.05, 3.63) is 71.8 Å². The number of hydrogen-bond acceptors (Lipinski definition) is 4. The van der Waals surface area contributed by atoms with Gasteiger partial charge in [0.15, 0.2) is 6.61 Å². The highest BCUT2D eigenvalue weighted by molar-refractivity contribution is 5.87. The second-order valence-electron chi connectivity index (χ2n) is 7.26. The zero-order chi connectivity index (χ0) is 21.2. The van der Waals surface area contributed by atoms with Crippen LogP contribution in [0, 0.1) is 5.92 Å². The summed E-state index contributed by atoms with van der Waals surface area (Å²) < 4.78 is 5.15. The van der Waals surface area contributed by atoms with Gasteiger partial charge < -0.3 is 15.4 Å². The maximum atomic E-state index is 12.4. The number of carbonyl (C=O) groups is 3. The lowest BCUT2D eigenvalue weighted by atomic mass is 10.0. The molecule has 0 aliphatic rings. The molecule has 0 spiro atoms. The Hall–Kier alpha value is -3.15. The minimum absolute atomic E-state index is 0.173. The lowest BCUT2D eigenvalue weighted by molar-refractivity contribution is -0.152. The third-order valence-electron chi connectivity index (χ3n) is 4.47. The second kappa shape index (κ2) is 11.0. The van der Waals surface area contributed by atoms with Gasteiger partial charge >= 0.3 is 5.97 Å². The number of hydrogen-bond donors (Lipinski definition) is 2. The summed E-state index contributed by atoms with van der Waals surface area (Å²) in [5.41, 5.74) is 1.82. The minimum Gasteiger partial charge on any atom is -0.454 e. The number of amides is 2. The summed E-state index contributed by atoms with van der Waals surface area (Å²) in [5.74, 6) is -1.46. The van der Waals surface area contributed by atoms with E-state index in [1.165, 1.54) is 0 Å². The van der Waals surface area contributed by atoms with Crippen LogP contribution in [0.4, 0.5) is 0 Å². The molecule has 0 saturated carbocycles. The van der Waals surface area contributed by atoms with Crippen molar-refractivity contribution in [2.75, 3.05) is 6.61 Å². The van der Waals surface area contributed by atoms with E-state index in [2.05, 4.69) is 10.6 Å². The van der Waals surface area contributed by atoms with E-state index in [9.17, 15) is 14.4 Å². The lowest BCUT2D eigenvalue weighted by Crippen LogP contribution is -2.46. The Balaban J connectivity index is 1.84. The van der Waals surface area contributed by atoms with E-state index in [0.29, 0.717) is 0 Å². The van der Waals surface area contributed by atoms with E-state index < -0.39 is 24.5 Å². The van der Waals surface area contributed by atoms with Crippen molar-refractivity contribution < 1.29 is 19.1 Å². The van der Waals surface area contributed by atoms with Gasteiger partial charge in [-0.15, -0.1) is 0 Å². The predicted octanol–water partition coefficient (Wildman–Crippen LogP) is 2.79. The average molecular weight is 396 g/mol. The molecule has 0 fully saturated rings. The average Bonchev–Trinajstić information content (AvgIpc) is 2.71. The van der Waals surface area contributed by atoms with Gasteiger partial charge in [0.05, 0.1) is 12.5 Å². The second-order valence-corrected chi connectivity index (χ2v) is 7.26. The van der Waals surface area contributed by atoms with Gasteiger partial charge in [-0.1, -0.05) is 74.5 Å². The molecule has 2 aromatic rings. The summed E-state index contributed by atoms with van der Waals surface area (Å²) in [6.45, 7) is 5.09. The molecule has 0 aliphatic carbocycles. The Bertz CT molecular complexity index is 806. The summed E-state index contributed by atoms with van der Waals surface area (Å²) in [7, 11) is 0. The van der Waals surface area contributed by atoms with Gasteiger partial charge in [0.1, 0.15) is 6.04 Å². The fourth-order valence-corrected chi connectivity index (χ4v) is 2.84. The smallest absolute Gasteiger partial charge is 0.329 e. The highest BCUT2D eigenvalue weighted by Crippen LogP contribution is 2.11. The van der Waals surface area contributed by atoms with Crippen LogP contribution in [0.2, 0.25) is 0 Å². The summed E-state index contributed by atoms with van der Waals surface area (Å²) >= 11 is 0. The Morgan fingerprint density at radius 2 is 1.41 bits per heavy atom. The highest BCUT2D eigenvalue weighted by atomic mass is 16.5. The Labute approximate surface area is 171 Å². The molecule has 0 bridgehead atoms. The normalized spacial score (nSPS) is 12.7. The van der Waals surface area contributed by atoms with E-state index >= 15 is 0 Å². The van der Waals surface area contributed by atoms with Crippen molar-refractivity contribution in [1.82, 2.24) is 10.6 Å². The fourth-order valence-electron chi connectivity index (χ4n) is 2.84. The van der Waals surface area contributed by atoms with Crippen LogP contribution < -0.4 is 10.6 Å². The third kappa shape index (κ3) is 7.41. The van der Waals surface area contributed by atoms with E-state index in [0.717, 1.165) is 11.1 Å². The first-order valence-electron chi connectivity index (χ1n) is 9.71. The van der Waals surface area contributed by atoms with E-state index in [-0.39, 0.29) is 24.3 Å². The van der Waals surface area contributed by atoms with Crippen LogP contribution in [-0.4, -0.2) is 30.4 Å². The number of ether oxygens (including phenoxy) is 1. The number of nitrogens with one attached hydrogen (secondary N) is 2. The van der Waals surface area contributed by atoms with Crippen molar-refractivity contribution in [1.29, 1.82) is 0 Å². The standard InChI is InChI=1S/C23H28N2O4/c1-16(2)22(25-20(26)14-18-10-6-4-7-11-18)23(28)29-15-21(27)24-17(3)19-12-8-5-9-13-19/h4-13,16-17,22H,14-15H2,1-3H3,(H,24,27)(H,25,26)/t17-,22-/m0/s1. The van der Waals surface area contributed by atoms with Gasteiger partial charge in [-0.2, -0.15) is 0 Å². The summed E-state index contributed by atoms with van der Waals surface area (Å²) in [6.07, 6.45) is 0.173. The number of benzene rings is 2. The van der Waals surface area contributed by atoms with Crippen LogP contribution in [0.25, 0.3) is 0 Å². The molecule has 0 radical (unpaired) electrons. The monoisotopic (exact) mass is 396 g/mol. The van der Waals surface area contributed by atoms with Crippen LogP contribution in [0.1, 0.15) is 37.9 Å². The lowest BCUT2D eigenvalue weighted by Gasteiger charge is -2.21. The number of carbonyl (C=O) groups excluding carboxylic acids is 3. The minimum atomic E-state index is -0.814. The maximum absolute atomic E-state index is 12.4. The van der Waals surface area contributed by atoms with Crippen LogP contribution >= 0.6 is 0 Å². The predicted molar refractivity (Wildman–Crippen MR) is 111 cm³/mol. The Kier molecular flexibility index (Phi) is 8.40. The quantitative estimate of drug-likeness (QED) is 0.639. The summed E-state index contributed by atoms with van der Waals surface area (Å²) in [4.78, 5) is 36.8. The summed E-state index contributed by atoms with van der Waals surface area (Å²) in [5, 5.41) is 5.50. The molecule has 29 heavy (non-hydrogen) atoms. The van der Waals surface area contributed by atoms with E-state index in [1.54, 1.807) is 0 Å². The zero-order valence-corrected chi connectivity index (χ0v) is 17.1. The Morgan fingerprint density at radius 3 is 2.00 bits per heavy atom. The first-order chi connectivity index (χ1) is 13.9. The third-order valence-corrected chi connectivity index (χ3v) is 4.47. The van der Waals surface area contributed by atoms with Crippen molar-refractivity contribution in [3.8, 4) is 0 Å². The fraction of sp³-hybridized carbons (Fsp3) is 0.348. The SMILES string of the molecule is CC(C)[C@H](NC(=O)Cc1ccccc1)C(=O)OCC(=O)N[C@@H](C)c1ccccc1. The van der Waals surface area contributed by atoms with Gasteiger partial charge in [-0.3, -0.25) is 9.59 Å². The number of esters is 1. The first-order valence-corrected chi connectivity index (χ1v) is 9.71.